The highest BCUT2D eigenvalue weighted by molar-refractivity contribution is 9.10. The summed E-state index contributed by atoms with van der Waals surface area (Å²) in [6.07, 6.45) is 1.16. The molecule has 19 heavy (non-hydrogen) atoms. The van der Waals surface area contributed by atoms with E-state index in [1.54, 1.807) is 0 Å². The maximum atomic E-state index is 6.03. The molecular weight excluding hydrogens is 342 g/mol. The first-order valence-corrected chi connectivity index (χ1v) is 8.39. The molecule has 0 bridgehead atoms. The Morgan fingerprint density at radius 3 is 2.79 bits per heavy atom. The molecule has 1 heterocycles. The van der Waals surface area contributed by atoms with E-state index in [0.29, 0.717) is 6.04 Å². The van der Waals surface area contributed by atoms with Gasteiger partial charge in [0.15, 0.2) is 0 Å². The van der Waals surface area contributed by atoms with Crippen LogP contribution in [0.4, 0.5) is 0 Å². The van der Waals surface area contributed by atoms with Crippen molar-refractivity contribution in [2.75, 3.05) is 6.54 Å². The van der Waals surface area contributed by atoms with Gasteiger partial charge in [0.05, 0.1) is 5.02 Å². The quantitative estimate of drug-likeness (QED) is 0.702. The van der Waals surface area contributed by atoms with Gasteiger partial charge < -0.3 is 5.32 Å². The van der Waals surface area contributed by atoms with E-state index in [-0.39, 0.29) is 0 Å². The molecule has 1 nitrogen and oxygen atoms in total. The molecular formula is C15H17BrClNS. The molecule has 4 heteroatoms. The summed E-state index contributed by atoms with van der Waals surface area (Å²) < 4.78 is 0.943. The summed E-state index contributed by atoms with van der Waals surface area (Å²) in [7, 11) is 0. The number of rotatable bonds is 5. The standard InChI is InChI=1S/C15H17BrClNS/c1-3-8-18-10(2)14-6-7-15(19-14)11-4-5-13(17)12(16)9-11/h4-7,9-10,18H,3,8H2,1-2H3. The number of nitrogens with one attached hydrogen (secondary N) is 1. The summed E-state index contributed by atoms with van der Waals surface area (Å²) in [6.45, 7) is 5.45. The zero-order valence-corrected chi connectivity index (χ0v) is 14.2. The molecule has 0 amide bonds. The Morgan fingerprint density at radius 2 is 2.11 bits per heavy atom. The number of hydrogen-bond donors (Lipinski definition) is 1. The lowest BCUT2D eigenvalue weighted by Crippen LogP contribution is -2.18. The molecule has 1 aromatic carbocycles. The van der Waals surface area contributed by atoms with Crippen LogP contribution in [0.25, 0.3) is 10.4 Å². The third kappa shape index (κ3) is 3.82. The van der Waals surface area contributed by atoms with Crippen LogP contribution in [-0.2, 0) is 0 Å². The summed E-state index contributed by atoms with van der Waals surface area (Å²) >= 11 is 11.3. The van der Waals surface area contributed by atoms with Gasteiger partial charge in [0.25, 0.3) is 0 Å². The van der Waals surface area contributed by atoms with E-state index in [4.69, 9.17) is 11.6 Å². The minimum Gasteiger partial charge on any atom is -0.309 e. The molecule has 2 aromatic rings. The highest BCUT2D eigenvalue weighted by Gasteiger charge is 2.09. The molecule has 1 unspecified atom stereocenters. The summed E-state index contributed by atoms with van der Waals surface area (Å²) in [5.41, 5.74) is 1.20. The molecule has 0 aliphatic heterocycles. The van der Waals surface area contributed by atoms with Crippen LogP contribution in [0.2, 0.25) is 5.02 Å². The molecule has 102 valence electrons. The average Bonchev–Trinajstić information content (AvgIpc) is 2.89. The molecule has 1 atom stereocenters. The van der Waals surface area contributed by atoms with Gasteiger partial charge in [-0.2, -0.15) is 0 Å². The second-order valence-electron chi connectivity index (χ2n) is 4.51. The highest BCUT2D eigenvalue weighted by Crippen LogP contribution is 2.34. The molecule has 0 aliphatic carbocycles. The van der Waals surface area contributed by atoms with Crippen molar-refractivity contribution in [1.82, 2.24) is 5.32 Å². The number of thiophene rings is 1. The largest absolute Gasteiger partial charge is 0.309 e. The molecule has 0 radical (unpaired) electrons. The van der Waals surface area contributed by atoms with Crippen molar-refractivity contribution in [3.05, 3.63) is 44.7 Å². The first-order chi connectivity index (χ1) is 9.11. The number of halogens is 2. The van der Waals surface area contributed by atoms with Crippen LogP contribution in [-0.4, -0.2) is 6.54 Å². The maximum absolute atomic E-state index is 6.03. The Bertz CT molecular complexity index is 553. The lowest BCUT2D eigenvalue weighted by Gasteiger charge is -2.10. The molecule has 1 aromatic heterocycles. The van der Waals surface area contributed by atoms with Gasteiger partial charge >= 0.3 is 0 Å². The molecule has 0 saturated heterocycles. The number of hydrogen-bond acceptors (Lipinski definition) is 2. The maximum Gasteiger partial charge on any atom is 0.0548 e. The van der Waals surface area contributed by atoms with Crippen molar-refractivity contribution in [2.45, 2.75) is 26.3 Å². The molecule has 0 aliphatic rings. The Morgan fingerprint density at radius 1 is 1.32 bits per heavy atom. The van der Waals surface area contributed by atoms with Crippen LogP contribution < -0.4 is 5.32 Å². The average molecular weight is 359 g/mol. The monoisotopic (exact) mass is 357 g/mol. The minimum atomic E-state index is 0.412. The Labute approximate surface area is 132 Å². The fourth-order valence-corrected chi connectivity index (χ4v) is 3.38. The lowest BCUT2D eigenvalue weighted by atomic mass is 10.2. The Kier molecular flexibility index (Phi) is 5.46. The summed E-state index contributed by atoms with van der Waals surface area (Å²) in [4.78, 5) is 2.65. The first kappa shape index (κ1) is 15.0. The van der Waals surface area contributed by atoms with Crippen molar-refractivity contribution >= 4 is 38.9 Å². The van der Waals surface area contributed by atoms with E-state index in [2.05, 4.69) is 59.4 Å². The van der Waals surface area contributed by atoms with E-state index in [1.165, 1.54) is 15.3 Å². The fraction of sp³-hybridized carbons (Fsp3) is 0.333. The SMILES string of the molecule is CCCNC(C)c1ccc(-c2ccc(Cl)c(Br)c2)s1. The third-order valence-electron chi connectivity index (χ3n) is 2.96. The summed E-state index contributed by atoms with van der Waals surface area (Å²) in [6, 6.07) is 10.9. The third-order valence-corrected chi connectivity index (χ3v) is 5.49. The predicted molar refractivity (Wildman–Crippen MR) is 89.2 cm³/mol. The molecule has 0 saturated carbocycles. The predicted octanol–water partition coefficient (Wildman–Crippen LogP) is 5.89. The van der Waals surface area contributed by atoms with E-state index in [1.807, 2.05) is 17.4 Å². The van der Waals surface area contributed by atoms with Gasteiger partial charge in [0.1, 0.15) is 0 Å². The van der Waals surface area contributed by atoms with Crippen molar-refractivity contribution in [3.8, 4) is 10.4 Å². The van der Waals surface area contributed by atoms with Crippen LogP contribution in [0, 0.1) is 0 Å². The van der Waals surface area contributed by atoms with Crippen LogP contribution in [0.5, 0.6) is 0 Å². The van der Waals surface area contributed by atoms with Gasteiger partial charge in [-0.05, 0) is 65.6 Å². The van der Waals surface area contributed by atoms with Gasteiger partial charge in [-0.3, -0.25) is 0 Å². The van der Waals surface area contributed by atoms with Gasteiger partial charge in [-0.1, -0.05) is 24.6 Å². The normalized spacial score (nSPS) is 12.6. The van der Waals surface area contributed by atoms with Crippen molar-refractivity contribution < 1.29 is 0 Å². The summed E-state index contributed by atoms with van der Waals surface area (Å²) in [5, 5.41) is 4.26. The smallest absolute Gasteiger partial charge is 0.0548 e. The van der Waals surface area contributed by atoms with E-state index in [9.17, 15) is 0 Å². The van der Waals surface area contributed by atoms with Gasteiger partial charge in [0, 0.05) is 20.3 Å². The second kappa shape index (κ2) is 6.89. The zero-order chi connectivity index (χ0) is 13.8. The van der Waals surface area contributed by atoms with Crippen molar-refractivity contribution in [1.29, 1.82) is 0 Å². The van der Waals surface area contributed by atoms with Crippen LogP contribution >= 0.6 is 38.9 Å². The minimum absolute atomic E-state index is 0.412. The van der Waals surface area contributed by atoms with E-state index < -0.39 is 0 Å². The molecule has 0 fully saturated rings. The van der Waals surface area contributed by atoms with Gasteiger partial charge in [-0.15, -0.1) is 11.3 Å². The fourth-order valence-electron chi connectivity index (χ4n) is 1.85. The Hall–Kier alpha value is -0.350. The lowest BCUT2D eigenvalue weighted by molar-refractivity contribution is 0.578. The molecule has 1 N–H and O–H groups in total. The van der Waals surface area contributed by atoms with Crippen LogP contribution in [0.3, 0.4) is 0 Å². The van der Waals surface area contributed by atoms with Crippen LogP contribution in [0.1, 0.15) is 31.2 Å². The van der Waals surface area contributed by atoms with Crippen LogP contribution in [0.15, 0.2) is 34.8 Å². The Balaban J connectivity index is 2.18. The van der Waals surface area contributed by atoms with Crippen molar-refractivity contribution in [2.24, 2.45) is 0 Å². The topological polar surface area (TPSA) is 12.0 Å². The zero-order valence-electron chi connectivity index (χ0n) is 11.0. The van der Waals surface area contributed by atoms with Crippen molar-refractivity contribution in [3.63, 3.8) is 0 Å². The second-order valence-corrected chi connectivity index (χ2v) is 6.88. The van der Waals surface area contributed by atoms with Gasteiger partial charge in [-0.25, -0.2) is 0 Å². The van der Waals surface area contributed by atoms with E-state index >= 15 is 0 Å². The molecule has 2 rings (SSSR count). The summed E-state index contributed by atoms with van der Waals surface area (Å²) in [5.74, 6) is 0. The highest BCUT2D eigenvalue weighted by atomic mass is 79.9. The molecule has 0 spiro atoms. The van der Waals surface area contributed by atoms with E-state index in [0.717, 1.165) is 22.5 Å². The number of benzene rings is 1. The van der Waals surface area contributed by atoms with Gasteiger partial charge in [0.2, 0.25) is 0 Å². The first-order valence-electron chi connectivity index (χ1n) is 6.40.